The van der Waals surface area contributed by atoms with E-state index in [1.807, 2.05) is 18.2 Å². The summed E-state index contributed by atoms with van der Waals surface area (Å²) < 4.78 is 0. The van der Waals surface area contributed by atoms with Gasteiger partial charge in [0.2, 0.25) is 0 Å². The molecule has 1 aromatic heterocycles. The van der Waals surface area contributed by atoms with Crippen molar-refractivity contribution in [3.8, 4) is 0 Å². The van der Waals surface area contributed by atoms with E-state index < -0.39 is 0 Å². The summed E-state index contributed by atoms with van der Waals surface area (Å²) in [6.45, 7) is 4.36. The zero-order chi connectivity index (χ0) is 13.2. The Labute approximate surface area is 114 Å². The first kappa shape index (κ1) is 12.3. The van der Waals surface area contributed by atoms with Crippen LogP contribution in [0.4, 0.5) is 11.5 Å². The Morgan fingerprint density at radius 3 is 2.79 bits per heavy atom. The lowest BCUT2D eigenvalue weighted by Crippen LogP contribution is -2.32. The van der Waals surface area contributed by atoms with Gasteiger partial charge in [-0.3, -0.25) is 0 Å². The van der Waals surface area contributed by atoms with E-state index in [1.165, 1.54) is 19.3 Å². The second-order valence-electron chi connectivity index (χ2n) is 5.46. The smallest absolute Gasteiger partial charge is 0.129 e. The van der Waals surface area contributed by atoms with Crippen LogP contribution in [0.2, 0.25) is 0 Å². The quantitative estimate of drug-likeness (QED) is 0.851. The molecule has 1 fully saturated rings. The Morgan fingerprint density at radius 1 is 1.26 bits per heavy atom. The van der Waals surface area contributed by atoms with Crippen LogP contribution in [0, 0.1) is 5.92 Å². The Bertz CT molecular complexity index is 575. The van der Waals surface area contributed by atoms with Gasteiger partial charge in [0.15, 0.2) is 0 Å². The van der Waals surface area contributed by atoms with Crippen LogP contribution in [0.3, 0.4) is 0 Å². The number of benzene rings is 1. The summed E-state index contributed by atoms with van der Waals surface area (Å²) in [7, 11) is 0. The highest BCUT2D eigenvalue weighted by molar-refractivity contribution is 5.83. The molecule has 1 aliphatic rings. The first-order valence-corrected chi connectivity index (χ1v) is 7.17. The van der Waals surface area contributed by atoms with Gasteiger partial charge < -0.3 is 10.6 Å². The van der Waals surface area contributed by atoms with E-state index >= 15 is 0 Å². The van der Waals surface area contributed by atoms with Gasteiger partial charge in [-0.1, -0.05) is 6.42 Å². The Kier molecular flexibility index (Phi) is 3.28. The average Bonchev–Trinajstić information content (AvgIpc) is 2.37. The third kappa shape index (κ3) is 2.50. The molecule has 0 atom stereocenters. The minimum Gasteiger partial charge on any atom is -0.399 e. The molecule has 1 aromatic carbocycles. The number of rotatable bonds is 4. The lowest BCUT2D eigenvalue weighted by Gasteiger charge is -2.32. The van der Waals surface area contributed by atoms with Crippen LogP contribution in [-0.2, 0) is 0 Å². The molecule has 0 aliphatic heterocycles. The van der Waals surface area contributed by atoms with Crippen LogP contribution in [0.5, 0.6) is 0 Å². The number of anilines is 2. The first-order chi connectivity index (χ1) is 9.26. The maximum atomic E-state index is 5.80. The van der Waals surface area contributed by atoms with Crippen molar-refractivity contribution in [3.63, 3.8) is 0 Å². The Balaban J connectivity index is 1.87. The van der Waals surface area contributed by atoms with Crippen LogP contribution in [-0.4, -0.2) is 18.1 Å². The molecule has 3 heteroatoms. The molecule has 19 heavy (non-hydrogen) atoms. The number of nitrogen functional groups attached to an aromatic ring is 1. The standard InChI is InChI=1S/C16H21N3/c1-2-19(11-12-4-3-5-12)16-9-6-13-10-14(17)7-8-15(13)18-16/h6-10,12H,2-5,11,17H2,1H3. The van der Waals surface area contributed by atoms with Crippen molar-refractivity contribution in [1.29, 1.82) is 0 Å². The van der Waals surface area contributed by atoms with Crippen molar-refractivity contribution >= 4 is 22.4 Å². The van der Waals surface area contributed by atoms with Gasteiger partial charge in [-0.2, -0.15) is 0 Å². The molecule has 3 nitrogen and oxygen atoms in total. The summed E-state index contributed by atoms with van der Waals surface area (Å²) in [5.41, 5.74) is 7.62. The van der Waals surface area contributed by atoms with E-state index in [0.29, 0.717) is 0 Å². The number of fused-ring (bicyclic) bond motifs is 1. The van der Waals surface area contributed by atoms with Crippen LogP contribution in [0.25, 0.3) is 10.9 Å². The zero-order valence-corrected chi connectivity index (χ0v) is 11.5. The van der Waals surface area contributed by atoms with E-state index in [2.05, 4.69) is 24.0 Å². The molecule has 0 radical (unpaired) electrons. The minimum atomic E-state index is 0.795. The van der Waals surface area contributed by atoms with Crippen molar-refractivity contribution in [2.24, 2.45) is 5.92 Å². The predicted octanol–water partition coefficient (Wildman–Crippen LogP) is 3.44. The molecule has 1 heterocycles. The molecule has 3 rings (SSSR count). The summed E-state index contributed by atoms with van der Waals surface area (Å²) in [5.74, 6) is 1.95. The number of pyridine rings is 1. The molecule has 0 spiro atoms. The highest BCUT2D eigenvalue weighted by Gasteiger charge is 2.20. The second-order valence-corrected chi connectivity index (χ2v) is 5.46. The lowest BCUT2D eigenvalue weighted by molar-refractivity contribution is 0.318. The molecule has 1 aliphatic carbocycles. The fourth-order valence-electron chi connectivity index (χ4n) is 2.68. The van der Waals surface area contributed by atoms with Gasteiger partial charge in [-0.25, -0.2) is 4.98 Å². The summed E-state index contributed by atoms with van der Waals surface area (Å²) in [5, 5.41) is 1.11. The highest BCUT2D eigenvalue weighted by Crippen LogP contribution is 2.29. The van der Waals surface area contributed by atoms with Crippen LogP contribution in [0.1, 0.15) is 26.2 Å². The molecule has 0 bridgehead atoms. The molecule has 0 unspecified atom stereocenters. The monoisotopic (exact) mass is 255 g/mol. The minimum absolute atomic E-state index is 0.795. The van der Waals surface area contributed by atoms with Crippen molar-refractivity contribution in [3.05, 3.63) is 30.3 Å². The van der Waals surface area contributed by atoms with Gasteiger partial charge in [0.1, 0.15) is 5.82 Å². The number of nitrogens with two attached hydrogens (primary N) is 1. The summed E-state index contributed by atoms with van der Waals surface area (Å²) in [6, 6.07) is 10.1. The number of hydrogen-bond donors (Lipinski definition) is 1. The number of aromatic nitrogens is 1. The first-order valence-electron chi connectivity index (χ1n) is 7.17. The average molecular weight is 255 g/mol. The normalized spacial score (nSPS) is 15.4. The lowest BCUT2D eigenvalue weighted by atomic mass is 9.85. The Hall–Kier alpha value is -1.77. The van der Waals surface area contributed by atoms with Crippen LogP contribution < -0.4 is 10.6 Å². The van der Waals surface area contributed by atoms with E-state index in [1.54, 1.807) is 0 Å². The van der Waals surface area contributed by atoms with Crippen LogP contribution in [0.15, 0.2) is 30.3 Å². The maximum Gasteiger partial charge on any atom is 0.129 e. The Morgan fingerprint density at radius 2 is 2.11 bits per heavy atom. The molecular formula is C16H21N3. The van der Waals surface area contributed by atoms with Gasteiger partial charge in [-0.15, -0.1) is 0 Å². The van der Waals surface area contributed by atoms with E-state index in [4.69, 9.17) is 10.7 Å². The summed E-state index contributed by atoms with van der Waals surface area (Å²) in [4.78, 5) is 7.16. The fourth-order valence-corrected chi connectivity index (χ4v) is 2.68. The summed E-state index contributed by atoms with van der Waals surface area (Å²) >= 11 is 0. The predicted molar refractivity (Wildman–Crippen MR) is 81.4 cm³/mol. The van der Waals surface area contributed by atoms with Gasteiger partial charge in [0, 0.05) is 24.2 Å². The largest absolute Gasteiger partial charge is 0.399 e. The van der Waals surface area contributed by atoms with Crippen molar-refractivity contribution in [2.45, 2.75) is 26.2 Å². The fraction of sp³-hybridized carbons (Fsp3) is 0.438. The molecule has 2 aromatic rings. The molecule has 0 amide bonds. The van der Waals surface area contributed by atoms with Crippen LogP contribution >= 0.6 is 0 Å². The molecule has 2 N–H and O–H groups in total. The van der Waals surface area contributed by atoms with Crippen molar-refractivity contribution < 1.29 is 0 Å². The number of nitrogens with zero attached hydrogens (tertiary/aromatic N) is 2. The third-order valence-corrected chi connectivity index (χ3v) is 4.11. The van der Waals surface area contributed by atoms with Crippen molar-refractivity contribution in [2.75, 3.05) is 23.7 Å². The highest BCUT2D eigenvalue weighted by atomic mass is 15.2. The SMILES string of the molecule is CCN(CC1CCC1)c1ccc2cc(N)ccc2n1. The van der Waals surface area contributed by atoms with Gasteiger partial charge in [0.25, 0.3) is 0 Å². The maximum absolute atomic E-state index is 5.80. The van der Waals surface area contributed by atoms with Gasteiger partial charge in [0.05, 0.1) is 5.52 Å². The molecule has 100 valence electrons. The van der Waals surface area contributed by atoms with Gasteiger partial charge in [-0.05, 0) is 56.0 Å². The van der Waals surface area contributed by atoms with E-state index in [0.717, 1.165) is 41.4 Å². The molecule has 0 saturated heterocycles. The number of hydrogen-bond acceptors (Lipinski definition) is 3. The molecule has 1 saturated carbocycles. The molecular weight excluding hydrogens is 234 g/mol. The zero-order valence-electron chi connectivity index (χ0n) is 11.5. The second kappa shape index (κ2) is 5.08. The van der Waals surface area contributed by atoms with Gasteiger partial charge >= 0.3 is 0 Å². The van der Waals surface area contributed by atoms with Crippen molar-refractivity contribution in [1.82, 2.24) is 4.98 Å². The third-order valence-electron chi connectivity index (χ3n) is 4.11. The van der Waals surface area contributed by atoms with E-state index in [9.17, 15) is 0 Å². The topological polar surface area (TPSA) is 42.1 Å². The summed E-state index contributed by atoms with van der Waals surface area (Å²) in [6.07, 6.45) is 4.15. The van der Waals surface area contributed by atoms with E-state index in [-0.39, 0.29) is 0 Å².